The summed E-state index contributed by atoms with van der Waals surface area (Å²) in [6, 6.07) is 0. The topological polar surface area (TPSA) is 71.9 Å². The minimum Gasteiger partial charge on any atom is -0.481 e. The predicted molar refractivity (Wildman–Crippen MR) is 67.3 cm³/mol. The van der Waals surface area contributed by atoms with E-state index in [0.29, 0.717) is 5.69 Å². The molecule has 2 heterocycles. The van der Waals surface area contributed by atoms with Gasteiger partial charge < -0.3 is 19.5 Å². The highest BCUT2D eigenvalue weighted by Crippen LogP contribution is 2.26. The molecular weight excluding hydrogens is 256 g/mol. The van der Waals surface area contributed by atoms with E-state index in [2.05, 4.69) is 9.88 Å². The van der Waals surface area contributed by atoms with Gasteiger partial charge in [-0.2, -0.15) is 0 Å². The average Bonchev–Trinajstić information content (AvgIpc) is 2.93. The van der Waals surface area contributed by atoms with Gasteiger partial charge in [0.2, 0.25) is 0 Å². The summed E-state index contributed by atoms with van der Waals surface area (Å²) < 4.78 is 10.7. The number of rotatable bonds is 5. The Morgan fingerprint density at radius 3 is 2.61 bits per heavy atom. The third-order valence-corrected chi connectivity index (χ3v) is 3.91. The second kappa shape index (κ2) is 5.64. The number of carbonyl (C=O) groups is 1. The number of thiazole rings is 1. The molecule has 1 N–H and O–H groups in total. The van der Waals surface area contributed by atoms with E-state index < -0.39 is 5.97 Å². The van der Waals surface area contributed by atoms with Gasteiger partial charge in [0, 0.05) is 32.7 Å². The fourth-order valence-corrected chi connectivity index (χ4v) is 2.88. The molecule has 1 aliphatic rings. The molecule has 1 aromatic heterocycles. The molecule has 1 aromatic rings. The van der Waals surface area contributed by atoms with Crippen LogP contribution < -0.4 is 4.90 Å². The van der Waals surface area contributed by atoms with Crippen molar-refractivity contribution in [1.82, 2.24) is 4.98 Å². The zero-order valence-electron chi connectivity index (χ0n) is 10.3. The molecule has 0 bridgehead atoms. The summed E-state index contributed by atoms with van der Waals surface area (Å²) in [5.41, 5.74) is 0.595. The van der Waals surface area contributed by atoms with Crippen molar-refractivity contribution in [3.05, 3.63) is 11.1 Å². The Morgan fingerprint density at radius 2 is 2.11 bits per heavy atom. The van der Waals surface area contributed by atoms with Crippen LogP contribution in [-0.4, -0.2) is 55.6 Å². The third-order valence-electron chi connectivity index (χ3n) is 2.96. The molecule has 2 rings (SSSR count). The molecule has 0 aliphatic carbocycles. The molecular formula is C11H16N2O4S. The Kier molecular flexibility index (Phi) is 4.15. The largest absolute Gasteiger partial charge is 0.481 e. The number of carboxylic acids is 1. The van der Waals surface area contributed by atoms with Crippen LogP contribution in [0.5, 0.6) is 0 Å². The highest BCUT2D eigenvalue weighted by atomic mass is 32.1. The van der Waals surface area contributed by atoms with E-state index >= 15 is 0 Å². The minimum absolute atomic E-state index is 0.0295. The highest BCUT2D eigenvalue weighted by molar-refractivity contribution is 7.13. The first kappa shape index (κ1) is 13.3. The molecule has 6 nitrogen and oxygen atoms in total. The zero-order valence-corrected chi connectivity index (χ0v) is 11.1. The molecule has 0 saturated carbocycles. The number of anilines is 1. The number of methoxy groups -OCH3 is 2. The lowest BCUT2D eigenvalue weighted by molar-refractivity contribution is -0.136. The summed E-state index contributed by atoms with van der Waals surface area (Å²) in [6.45, 7) is 1.43. The summed E-state index contributed by atoms with van der Waals surface area (Å²) in [4.78, 5) is 17.0. The van der Waals surface area contributed by atoms with Gasteiger partial charge in [-0.15, -0.1) is 11.3 Å². The van der Waals surface area contributed by atoms with Crippen LogP contribution in [0.2, 0.25) is 0 Å². The fraction of sp³-hybridized carbons (Fsp3) is 0.636. The van der Waals surface area contributed by atoms with E-state index in [4.69, 9.17) is 14.6 Å². The molecule has 100 valence electrons. The van der Waals surface area contributed by atoms with Crippen LogP contribution in [0.15, 0.2) is 5.38 Å². The number of carboxylic acid groups (broad SMARTS) is 1. The van der Waals surface area contributed by atoms with Crippen molar-refractivity contribution in [2.45, 2.75) is 18.6 Å². The van der Waals surface area contributed by atoms with E-state index in [1.165, 1.54) is 11.3 Å². The number of aliphatic carboxylic acids is 1. The van der Waals surface area contributed by atoms with Gasteiger partial charge in [-0.1, -0.05) is 0 Å². The predicted octanol–water partition coefficient (Wildman–Crippen LogP) is 0.620. The van der Waals surface area contributed by atoms with Crippen LogP contribution in [0.4, 0.5) is 5.13 Å². The minimum atomic E-state index is -0.863. The fourth-order valence-electron chi connectivity index (χ4n) is 2.03. The van der Waals surface area contributed by atoms with E-state index in [0.717, 1.165) is 18.2 Å². The molecule has 0 amide bonds. The molecule has 0 aromatic carbocycles. The monoisotopic (exact) mass is 272 g/mol. The highest BCUT2D eigenvalue weighted by Gasteiger charge is 2.34. The van der Waals surface area contributed by atoms with Gasteiger partial charge in [0.15, 0.2) is 5.13 Å². The number of aromatic nitrogens is 1. The lowest BCUT2D eigenvalue weighted by Gasteiger charge is -2.13. The Bertz CT molecular complexity index is 411. The Labute approximate surface area is 109 Å². The van der Waals surface area contributed by atoms with Crippen molar-refractivity contribution in [3.8, 4) is 0 Å². The normalized spacial score (nSPS) is 23.6. The van der Waals surface area contributed by atoms with E-state index in [-0.39, 0.29) is 18.6 Å². The summed E-state index contributed by atoms with van der Waals surface area (Å²) in [5, 5.41) is 11.3. The molecule has 2 unspecified atom stereocenters. The zero-order chi connectivity index (χ0) is 13.1. The summed E-state index contributed by atoms with van der Waals surface area (Å²) >= 11 is 1.45. The van der Waals surface area contributed by atoms with Crippen molar-refractivity contribution in [3.63, 3.8) is 0 Å². The van der Waals surface area contributed by atoms with Crippen LogP contribution in [0.25, 0.3) is 0 Å². The third kappa shape index (κ3) is 2.80. The molecule has 0 spiro atoms. The second-order valence-electron chi connectivity index (χ2n) is 4.15. The number of hydrogen-bond donors (Lipinski definition) is 1. The maximum absolute atomic E-state index is 10.6. The number of hydrogen-bond acceptors (Lipinski definition) is 6. The first-order valence-corrected chi connectivity index (χ1v) is 6.48. The summed E-state index contributed by atoms with van der Waals surface area (Å²) in [7, 11) is 3.33. The van der Waals surface area contributed by atoms with Crippen LogP contribution in [0, 0.1) is 0 Å². The summed E-state index contributed by atoms with van der Waals surface area (Å²) in [5.74, 6) is -0.863. The van der Waals surface area contributed by atoms with Gasteiger partial charge in [-0.25, -0.2) is 4.98 Å². The second-order valence-corrected chi connectivity index (χ2v) is 4.98. The Hall–Kier alpha value is -1.18. The van der Waals surface area contributed by atoms with Crippen molar-refractivity contribution in [2.75, 3.05) is 32.2 Å². The van der Waals surface area contributed by atoms with Gasteiger partial charge >= 0.3 is 5.97 Å². The van der Waals surface area contributed by atoms with Gasteiger partial charge in [0.25, 0.3) is 0 Å². The maximum atomic E-state index is 10.6. The molecule has 2 atom stereocenters. The lowest BCUT2D eigenvalue weighted by atomic mass is 10.3. The molecule has 1 fully saturated rings. The SMILES string of the molecule is COC1CN(c2nc(CC(=O)O)cs2)CC1OC. The van der Waals surface area contributed by atoms with E-state index in [9.17, 15) is 4.79 Å². The number of ether oxygens (including phenoxy) is 2. The van der Waals surface area contributed by atoms with Gasteiger partial charge in [0.05, 0.1) is 12.1 Å². The first-order chi connectivity index (χ1) is 8.63. The first-order valence-electron chi connectivity index (χ1n) is 5.60. The van der Waals surface area contributed by atoms with Crippen molar-refractivity contribution >= 4 is 22.4 Å². The maximum Gasteiger partial charge on any atom is 0.309 e. The van der Waals surface area contributed by atoms with Gasteiger partial charge in [0.1, 0.15) is 12.2 Å². The van der Waals surface area contributed by atoms with Crippen molar-refractivity contribution in [2.24, 2.45) is 0 Å². The van der Waals surface area contributed by atoms with Gasteiger partial charge in [-0.3, -0.25) is 4.79 Å². The lowest BCUT2D eigenvalue weighted by Crippen LogP contribution is -2.27. The Morgan fingerprint density at radius 1 is 1.50 bits per heavy atom. The van der Waals surface area contributed by atoms with E-state index in [1.807, 2.05) is 0 Å². The standard InChI is InChI=1S/C11H16N2O4S/c1-16-8-4-13(5-9(8)17-2)11-12-7(6-18-11)3-10(14)15/h6,8-9H,3-5H2,1-2H3,(H,14,15). The summed E-state index contributed by atoms with van der Waals surface area (Å²) in [6.07, 6.45) is 0.0230. The molecule has 7 heteroatoms. The number of nitrogens with zero attached hydrogens (tertiary/aromatic N) is 2. The van der Waals surface area contributed by atoms with Gasteiger partial charge in [-0.05, 0) is 0 Å². The molecule has 18 heavy (non-hydrogen) atoms. The van der Waals surface area contributed by atoms with Crippen LogP contribution in [0.1, 0.15) is 5.69 Å². The Balaban J connectivity index is 2.04. The average molecular weight is 272 g/mol. The molecule has 1 aliphatic heterocycles. The van der Waals surface area contributed by atoms with Crippen LogP contribution >= 0.6 is 11.3 Å². The molecule has 0 radical (unpaired) electrons. The van der Waals surface area contributed by atoms with E-state index in [1.54, 1.807) is 19.6 Å². The smallest absolute Gasteiger partial charge is 0.309 e. The quantitative estimate of drug-likeness (QED) is 0.847. The molecule has 1 saturated heterocycles. The van der Waals surface area contributed by atoms with Crippen molar-refractivity contribution < 1.29 is 19.4 Å². The van der Waals surface area contributed by atoms with Crippen LogP contribution in [-0.2, 0) is 20.7 Å². The van der Waals surface area contributed by atoms with Crippen molar-refractivity contribution in [1.29, 1.82) is 0 Å². The van der Waals surface area contributed by atoms with Crippen LogP contribution in [0.3, 0.4) is 0 Å².